The molecular weight excluding hydrogens is 376 g/mol. The first-order valence-corrected chi connectivity index (χ1v) is 11.0. The SMILES string of the molecule is Cc1cccc(COc2cccc(C(=O)N3CCC(C(=O)N4CCCC4)CC3)c2)c1. The molecule has 0 N–H and O–H groups in total. The lowest BCUT2D eigenvalue weighted by Crippen LogP contribution is -2.43. The molecule has 0 aliphatic carbocycles. The van der Waals surface area contributed by atoms with Gasteiger partial charge < -0.3 is 14.5 Å². The highest BCUT2D eigenvalue weighted by atomic mass is 16.5. The normalized spacial score (nSPS) is 17.2. The fourth-order valence-corrected chi connectivity index (χ4v) is 4.40. The van der Waals surface area contributed by atoms with Crippen molar-refractivity contribution >= 4 is 11.8 Å². The van der Waals surface area contributed by atoms with Crippen LogP contribution < -0.4 is 4.74 Å². The van der Waals surface area contributed by atoms with Crippen LogP contribution in [0.5, 0.6) is 5.75 Å². The zero-order valence-corrected chi connectivity index (χ0v) is 17.7. The molecule has 0 aromatic heterocycles. The number of likely N-dealkylation sites (tertiary alicyclic amines) is 2. The first-order valence-electron chi connectivity index (χ1n) is 11.0. The van der Waals surface area contributed by atoms with Gasteiger partial charge in [0, 0.05) is 37.7 Å². The number of piperidine rings is 1. The Morgan fingerprint density at radius 3 is 2.40 bits per heavy atom. The quantitative estimate of drug-likeness (QED) is 0.753. The van der Waals surface area contributed by atoms with Crippen LogP contribution in [-0.4, -0.2) is 47.8 Å². The summed E-state index contributed by atoms with van der Waals surface area (Å²) in [6.07, 6.45) is 3.74. The highest BCUT2D eigenvalue weighted by Crippen LogP contribution is 2.24. The van der Waals surface area contributed by atoms with Crippen molar-refractivity contribution in [3.8, 4) is 5.75 Å². The average molecular weight is 407 g/mol. The molecule has 0 radical (unpaired) electrons. The van der Waals surface area contributed by atoms with Crippen LogP contribution in [0.2, 0.25) is 0 Å². The van der Waals surface area contributed by atoms with Crippen molar-refractivity contribution in [3.05, 3.63) is 65.2 Å². The van der Waals surface area contributed by atoms with Gasteiger partial charge in [-0.05, 0) is 56.4 Å². The Balaban J connectivity index is 1.32. The smallest absolute Gasteiger partial charge is 0.253 e. The molecule has 158 valence electrons. The Bertz CT molecular complexity index is 897. The molecule has 0 unspecified atom stereocenters. The van der Waals surface area contributed by atoms with Gasteiger partial charge in [-0.2, -0.15) is 0 Å². The molecule has 2 amide bonds. The highest BCUT2D eigenvalue weighted by molar-refractivity contribution is 5.94. The van der Waals surface area contributed by atoms with Gasteiger partial charge in [0.1, 0.15) is 12.4 Å². The third-order valence-corrected chi connectivity index (χ3v) is 6.12. The lowest BCUT2D eigenvalue weighted by Gasteiger charge is -2.33. The highest BCUT2D eigenvalue weighted by Gasteiger charge is 2.31. The van der Waals surface area contributed by atoms with Crippen molar-refractivity contribution in [1.82, 2.24) is 9.80 Å². The molecule has 5 heteroatoms. The van der Waals surface area contributed by atoms with Crippen LogP contribution >= 0.6 is 0 Å². The molecule has 0 spiro atoms. The van der Waals surface area contributed by atoms with E-state index in [4.69, 9.17) is 4.74 Å². The predicted molar refractivity (Wildman–Crippen MR) is 116 cm³/mol. The Morgan fingerprint density at radius 2 is 1.67 bits per heavy atom. The van der Waals surface area contributed by atoms with E-state index in [2.05, 4.69) is 19.1 Å². The summed E-state index contributed by atoms with van der Waals surface area (Å²) in [5.41, 5.74) is 2.95. The van der Waals surface area contributed by atoms with Gasteiger partial charge >= 0.3 is 0 Å². The third kappa shape index (κ3) is 4.84. The fourth-order valence-electron chi connectivity index (χ4n) is 4.40. The molecule has 0 atom stereocenters. The summed E-state index contributed by atoms with van der Waals surface area (Å²) < 4.78 is 5.91. The number of nitrogens with zero attached hydrogens (tertiary/aromatic N) is 2. The Morgan fingerprint density at radius 1 is 0.933 bits per heavy atom. The van der Waals surface area contributed by atoms with Crippen molar-refractivity contribution in [2.45, 2.75) is 39.2 Å². The zero-order valence-electron chi connectivity index (χ0n) is 17.7. The predicted octanol–water partition coefficient (Wildman–Crippen LogP) is 4.05. The molecule has 2 saturated heterocycles. The summed E-state index contributed by atoms with van der Waals surface area (Å²) in [5, 5.41) is 0. The van der Waals surface area contributed by atoms with Gasteiger partial charge in [-0.25, -0.2) is 0 Å². The number of carbonyl (C=O) groups excluding carboxylic acids is 2. The van der Waals surface area contributed by atoms with E-state index in [0.29, 0.717) is 31.0 Å². The molecule has 0 bridgehead atoms. The molecule has 5 nitrogen and oxygen atoms in total. The third-order valence-electron chi connectivity index (χ3n) is 6.12. The van der Waals surface area contributed by atoms with E-state index < -0.39 is 0 Å². The molecule has 2 fully saturated rings. The first-order chi connectivity index (χ1) is 14.6. The summed E-state index contributed by atoms with van der Waals surface area (Å²) >= 11 is 0. The van der Waals surface area contributed by atoms with E-state index >= 15 is 0 Å². The maximum atomic E-state index is 13.0. The van der Waals surface area contributed by atoms with E-state index in [0.717, 1.165) is 44.3 Å². The Hall–Kier alpha value is -2.82. The molecular formula is C25H30N2O3. The van der Waals surface area contributed by atoms with Crippen molar-refractivity contribution in [3.63, 3.8) is 0 Å². The second-order valence-electron chi connectivity index (χ2n) is 8.40. The fraction of sp³-hybridized carbons (Fsp3) is 0.440. The number of carbonyl (C=O) groups is 2. The second kappa shape index (κ2) is 9.33. The largest absolute Gasteiger partial charge is 0.489 e. The number of rotatable bonds is 5. The van der Waals surface area contributed by atoms with Crippen LogP contribution in [-0.2, 0) is 11.4 Å². The van der Waals surface area contributed by atoms with Gasteiger partial charge in [0.25, 0.3) is 5.91 Å². The maximum Gasteiger partial charge on any atom is 0.253 e. The molecule has 0 saturated carbocycles. The van der Waals surface area contributed by atoms with E-state index in [-0.39, 0.29) is 17.7 Å². The van der Waals surface area contributed by atoms with Crippen LogP contribution in [0.1, 0.15) is 47.2 Å². The summed E-state index contributed by atoms with van der Waals surface area (Å²) in [5.74, 6) is 1.06. The summed E-state index contributed by atoms with van der Waals surface area (Å²) in [6, 6.07) is 15.6. The lowest BCUT2D eigenvalue weighted by molar-refractivity contribution is -0.135. The van der Waals surface area contributed by atoms with Gasteiger partial charge in [-0.1, -0.05) is 35.9 Å². The van der Waals surface area contributed by atoms with Crippen LogP contribution in [0.4, 0.5) is 0 Å². The number of amides is 2. The minimum absolute atomic E-state index is 0.0167. The number of hydrogen-bond donors (Lipinski definition) is 0. The molecule has 2 aliphatic heterocycles. The molecule has 2 aliphatic rings. The number of benzene rings is 2. The Kier molecular flexibility index (Phi) is 6.36. The molecule has 30 heavy (non-hydrogen) atoms. The average Bonchev–Trinajstić information content (AvgIpc) is 3.32. The minimum atomic E-state index is 0.0167. The topological polar surface area (TPSA) is 49.9 Å². The second-order valence-corrected chi connectivity index (χ2v) is 8.40. The van der Waals surface area contributed by atoms with Crippen LogP contribution in [0.15, 0.2) is 48.5 Å². The summed E-state index contributed by atoms with van der Waals surface area (Å²) in [6.45, 7) is 5.60. The van der Waals surface area contributed by atoms with E-state index in [9.17, 15) is 9.59 Å². The van der Waals surface area contributed by atoms with E-state index in [1.165, 1.54) is 5.56 Å². The number of aryl methyl sites for hydroxylation is 1. The van der Waals surface area contributed by atoms with Gasteiger partial charge in [-0.3, -0.25) is 9.59 Å². The van der Waals surface area contributed by atoms with Gasteiger partial charge in [0.15, 0.2) is 0 Å². The monoisotopic (exact) mass is 406 g/mol. The summed E-state index contributed by atoms with van der Waals surface area (Å²) in [4.78, 5) is 29.5. The maximum absolute atomic E-state index is 13.0. The Labute approximate surface area is 178 Å². The van der Waals surface area contributed by atoms with Gasteiger partial charge in [0.2, 0.25) is 5.91 Å². The van der Waals surface area contributed by atoms with Crippen molar-refractivity contribution < 1.29 is 14.3 Å². The summed E-state index contributed by atoms with van der Waals surface area (Å²) in [7, 11) is 0. The van der Waals surface area contributed by atoms with Crippen molar-refractivity contribution in [2.24, 2.45) is 5.92 Å². The molecule has 2 aromatic carbocycles. The zero-order chi connectivity index (χ0) is 20.9. The van der Waals surface area contributed by atoms with E-state index in [1.54, 1.807) is 0 Å². The van der Waals surface area contributed by atoms with Crippen molar-refractivity contribution in [2.75, 3.05) is 26.2 Å². The first kappa shape index (κ1) is 20.5. The number of ether oxygens (including phenoxy) is 1. The van der Waals surface area contributed by atoms with E-state index in [1.807, 2.05) is 46.2 Å². The standard InChI is InChI=1S/C25H30N2O3/c1-19-6-4-7-20(16-19)18-30-23-9-5-8-22(17-23)25(29)27-14-10-21(11-15-27)24(28)26-12-2-3-13-26/h4-9,16-17,21H,2-3,10-15,18H2,1H3. The van der Waals surface area contributed by atoms with Crippen molar-refractivity contribution in [1.29, 1.82) is 0 Å². The van der Waals surface area contributed by atoms with Gasteiger partial charge in [0.05, 0.1) is 0 Å². The molecule has 2 heterocycles. The molecule has 2 aromatic rings. The van der Waals surface area contributed by atoms with Crippen LogP contribution in [0.25, 0.3) is 0 Å². The lowest BCUT2D eigenvalue weighted by atomic mass is 9.95. The number of hydrogen-bond acceptors (Lipinski definition) is 3. The molecule has 4 rings (SSSR count). The minimum Gasteiger partial charge on any atom is -0.489 e. The van der Waals surface area contributed by atoms with Crippen LogP contribution in [0, 0.1) is 12.8 Å². The van der Waals surface area contributed by atoms with Crippen LogP contribution in [0.3, 0.4) is 0 Å². The van der Waals surface area contributed by atoms with Gasteiger partial charge in [-0.15, -0.1) is 0 Å².